The molecule has 2 aromatic heterocycles. The van der Waals surface area contributed by atoms with Crippen LogP contribution >= 0.6 is 0 Å². The Balaban J connectivity index is 1.56. The van der Waals surface area contributed by atoms with Gasteiger partial charge in [0, 0.05) is 36.6 Å². The Morgan fingerprint density at radius 3 is 2.77 bits per heavy atom. The number of benzene rings is 1. The zero-order chi connectivity index (χ0) is 20.9. The molecule has 3 aromatic rings. The van der Waals surface area contributed by atoms with E-state index in [-0.39, 0.29) is 23.9 Å². The summed E-state index contributed by atoms with van der Waals surface area (Å²) in [6, 6.07) is 16.2. The number of carbonyl (C=O) groups is 1. The van der Waals surface area contributed by atoms with Gasteiger partial charge in [0.2, 0.25) is 5.91 Å². The first-order valence-electron chi connectivity index (χ1n) is 10.1. The molecular formula is C23H24N4O3. The lowest BCUT2D eigenvalue weighted by molar-refractivity contribution is -0.132. The number of hydrogen-bond acceptors (Lipinski definition) is 5. The lowest BCUT2D eigenvalue weighted by Gasteiger charge is -2.33. The van der Waals surface area contributed by atoms with Gasteiger partial charge in [-0.05, 0) is 43.2 Å². The normalized spacial score (nSPS) is 16.3. The quantitative estimate of drug-likeness (QED) is 0.653. The zero-order valence-corrected chi connectivity index (χ0v) is 16.9. The smallest absolute Gasteiger partial charge is 0.267 e. The van der Waals surface area contributed by atoms with Gasteiger partial charge >= 0.3 is 0 Å². The molecule has 7 nitrogen and oxygen atoms in total. The molecule has 1 fully saturated rings. The van der Waals surface area contributed by atoms with E-state index in [1.54, 1.807) is 19.4 Å². The van der Waals surface area contributed by atoms with E-state index in [1.807, 2.05) is 47.4 Å². The molecule has 0 unspecified atom stereocenters. The number of amides is 1. The summed E-state index contributed by atoms with van der Waals surface area (Å²) in [6.45, 7) is 1.15. The molecule has 30 heavy (non-hydrogen) atoms. The summed E-state index contributed by atoms with van der Waals surface area (Å²) >= 11 is 0. The SMILES string of the molecule is COc1ccccc1-c1ccc(=O)n([C@H]2CCCN(C(=O)Cc3ccccn3)C2)n1. The van der Waals surface area contributed by atoms with Crippen LogP contribution in [0.5, 0.6) is 5.75 Å². The van der Waals surface area contributed by atoms with Crippen molar-refractivity contribution in [1.82, 2.24) is 19.7 Å². The second-order valence-electron chi connectivity index (χ2n) is 7.34. The Morgan fingerprint density at radius 2 is 1.97 bits per heavy atom. The highest BCUT2D eigenvalue weighted by Crippen LogP contribution is 2.28. The Labute approximate surface area is 174 Å². The number of para-hydroxylation sites is 1. The van der Waals surface area contributed by atoms with E-state index in [0.717, 1.165) is 24.1 Å². The molecule has 1 saturated heterocycles. The molecule has 0 aliphatic carbocycles. The third kappa shape index (κ3) is 4.25. The van der Waals surface area contributed by atoms with Crippen LogP contribution in [-0.2, 0) is 11.2 Å². The highest BCUT2D eigenvalue weighted by Gasteiger charge is 2.26. The second kappa shape index (κ2) is 8.90. The fraction of sp³-hybridized carbons (Fsp3) is 0.304. The molecule has 0 radical (unpaired) electrons. The lowest BCUT2D eigenvalue weighted by Crippen LogP contribution is -2.44. The molecule has 154 valence electrons. The van der Waals surface area contributed by atoms with Crippen molar-refractivity contribution < 1.29 is 9.53 Å². The highest BCUT2D eigenvalue weighted by atomic mass is 16.5. The Bertz CT molecular complexity index is 1080. The van der Waals surface area contributed by atoms with E-state index >= 15 is 0 Å². The summed E-state index contributed by atoms with van der Waals surface area (Å²) in [4.78, 5) is 31.4. The third-order valence-corrected chi connectivity index (χ3v) is 5.36. The number of pyridine rings is 1. The lowest BCUT2D eigenvalue weighted by atomic mass is 10.0. The van der Waals surface area contributed by atoms with Crippen LogP contribution in [-0.4, -0.2) is 45.8 Å². The first-order valence-corrected chi connectivity index (χ1v) is 10.1. The predicted molar refractivity (Wildman–Crippen MR) is 113 cm³/mol. The summed E-state index contributed by atoms with van der Waals surface area (Å²) in [5, 5.41) is 4.63. The number of likely N-dealkylation sites (tertiary alicyclic amines) is 1. The molecular weight excluding hydrogens is 380 g/mol. The molecule has 0 bridgehead atoms. The average molecular weight is 404 g/mol. The fourth-order valence-electron chi connectivity index (χ4n) is 3.84. The Kier molecular flexibility index (Phi) is 5.88. The van der Waals surface area contributed by atoms with Gasteiger partial charge in [-0.3, -0.25) is 14.6 Å². The van der Waals surface area contributed by atoms with Gasteiger partial charge in [-0.15, -0.1) is 0 Å². The number of methoxy groups -OCH3 is 1. The summed E-state index contributed by atoms with van der Waals surface area (Å²) < 4.78 is 6.95. The topological polar surface area (TPSA) is 77.3 Å². The van der Waals surface area contributed by atoms with Gasteiger partial charge < -0.3 is 9.64 Å². The molecule has 0 spiro atoms. The van der Waals surface area contributed by atoms with Crippen molar-refractivity contribution in [3.8, 4) is 17.0 Å². The number of ether oxygens (including phenoxy) is 1. The maximum absolute atomic E-state index is 12.8. The molecule has 0 N–H and O–H groups in total. The van der Waals surface area contributed by atoms with Crippen molar-refractivity contribution in [1.29, 1.82) is 0 Å². The largest absolute Gasteiger partial charge is 0.496 e. The summed E-state index contributed by atoms with van der Waals surface area (Å²) in [5.74, 6) is 0.721. The Morgan fingerprint density at radius 1 is 1.13 bits per heavy atom. The van der Waals surface area contributed by atoms with E-state index in [2.05, 4.69) is 10.1 Å². The standard InChI is InChI=1S/C23H24N4O3/c1-30-21-10-3-2-9-19(21)20-11-12-22(28)27(25-20)18-8-6-14-26(16-18)23(29)15-17-7-4-5-13-24-17/h2-5,7,9-13,18H,6,8,14-16H2,1H3/t18-/m0/s1. The molecule has 1 aliphatic heterocycles. The summed E-state index contributed by atoms with van der Waals surface area (Å²) in [7, 11) is 1.61. The maximum Gasteiger partial charge on any atom is 0.267 e. The summed E-state index contributed by atoms with van der Waals surface area (Å²) in [6.07, 6.45) is 3.58. The molecule has 1 amide bonds. The van der Waals surface area contributed by atoms with Crippen LogP contribution in [0.25, 0.3) is 11.3 Å². The van der Waals surface area contributed by atoms with Crippen LogP contribution in [0.4, 0.5) is 0 Å². The minimum atomic E-state index is -0.169. The van der Waals surface area contributed by atoms with Gasteiger partial charge in [0.25, 0.3) is 5.56 Å². The number of hydrogen-bond donors (Lipinski definition) is 0. The van der Waals surface area contributed by atoms with E-state index < -0.39 is 0 Å². The van der Waals surface area contributed by atoms with E-state index in [1.165, 1.54) is 10.7 Å². The number of nitrogens with zero attached hydrogens (tertiary/aromatic N) is 4. The van der Waals surface area contributed by atoms with Gasteiger partial charge in [-0.1, -0.05) is 18.2 Å². The van der Waals surface area contributed by atoms with E-state index in [4.69, 9.17) is 4.74 Å². The maximum atomic E-state index is 12.8. The Hall–Kier alpha value is -3.48. The van der Waals surface area contributed by atoms with Crippen molar-refractivity contribution >= 4 is 5.91 Å². The highest BCUT2D eigenvalue weighted by molar-refractivity contribution is 5.78. The van der Waals surface area contributed by atoms with Crippen LogP contribution in [0.3, 0.4) is 0 Å². The average Bonchev–Trinajstić information content (AvgIpc) is 2.80. The van der Waals surface area contributed by atoms with Crippen LogP contribution in [0.2, 0.25) is 0 Å². The fourth-order valence-corrected chi connectivity index (χ4v) is 3.84. The minimum Gasteiger partial charge on any atom is -0.496 e. The van der Waals surface area contributed by atoms with Crippen molar-refractivity contribution in [2.75, 3.05) is 20.2 Å². The monoisotopic (exact) mass is 404 g/mol. The zero-order valence-electron chi connectivity index (χ0n) is 16.9. The van der Waals surface area contributed by atoms with Gasteiger partial charge in [-0.25, -0.2) is 4.68 Å². The minimum absolute atomic E-state index is 0.0207. The first kappa shape index (κ1) is 19.8. The second-order valence-corrected chi connectivity index (χ2v) is 7.34. The van der Waals surface area contributed by atoms with Gasteiger partial charge in [0.15, 0.2) is 0 Å². The molecule has 1 atom stereocenters. The van der Waals surface area contributed by atoms with Gasteiger partial charge in [-0.2, -0.15) is 5.10 Å². The van der Waals surface area contributed by atoms with Crippen molar-refractivity contribution in [3.05, 3.63) is 76.8 Å². The van der Waals surface area contributed by atoms with Gasteiger partial charge in [0.05, 0.1) is 25.3 Å². The number of rotatable bonds is 5. The van der Waals surface area contributed by atoms with Crippen LogP contribution in [0.15, 0.2) is 65.6 Å². The third-order valence-electron chi connectivity index (χ3n) is 5.36. The van der Waals surface area contributed by atoms with Crippen LogP contribution in [0, 0.1) is 0 Å². The van der Waals surface area contributed by atoms with Crippen molar-refractivity contribution in [3.63, 3.8) is 0 Å². The van der Waals surface area contributed by atoms with Gasteiger partial charge in [0.1, 0.15) is 5.75 Å². The van der Waals surface area contributed by atoms with Crippen LogP contribution < -0.4 is 10.3 Å². The van der Waals surface area contributed by atoms with E-state index in [9.17, 15) is 9.59 Å². The van der Waals surface area contributed by atoms with Crippen LogP contribution in [0.1, 0.15) is 24.6 Å². The van der Waals surface area contributed by atoms with Crippen molar-refractivity contribution in [2.45, 2.75) is 25.3 Å². The molecule has 1 aromatic carbocycles. The molecule has 7 heteroatoms. The molecule has 0 saturated carbocycles. The van der Waals surface area contributed by atoms with Crippen molar-refractivity contribution in [2.24, 2.45) is 0 Å². The molecule has 3 heterocycles. The molecule has 1 aliphatic rings. The number of aromatic nitrogens is 3. The number of carbonyl (C=O) groups excluding carboxylic acids is 1. The first-order chi connectivity index (χ1) is 14.7. The molecule has 4 rings (SSSR count). The predicted octanol–water partition coefficient (Wildman–Crippen LogP) is 2.72. The number of piperidine rings is 1. The summed E-state index contributed by atoms with van der Waals surface area (Å²) in [5.41, 5.74) is 2.08. The van der Waals surface area contributed by atoms with E-state index in [0.29, 0.717) is 24.5 Å².